The maximum Gasteiger partial charge on any atom is 0.326 e. The Kier molecular flexibility index (Phi) is 6.14. The lowest BCUT2D eigenvalue weighted by Crippen LogP contribution is -2.36. The van der Waals surface area contributed by atoms with Gasteiger partial charge in [-0.2, -0.15) is 0 Å². The zero-order chi connectivity index (χ0) is 16.7. The summed E-state index contributed by atoms with van der Waals surface area (Å²) in [6.07, 6.45) is 3.23. The summed E-state index contributed by atoms with van der Waals surface area (Å²) < 4.78 is 4.95. The molecule has 0 spiro atoms. The highest BCUT2D eigenvalue weighted by Gasteiger charge is 2.20. The zero-order valence-corrected chi connectivity index (χ0v) is 13.3. The highest BCUT2D eigenvalue weighted by atomic mass is 16.5. The summed E-state index contributed by atoms with van der Waals surface area (Å²) in [5, 5.41) is 2.66. The first-order valence-electron chi connectivity index (χ1n) is 7.84. The van der Waals surface area contributed by atoms with Gasteiger partial charge in [-0.25, -0.2) is 0 Å². The molecule has 1 saturated heterocycles. The first kappa shape index (κ1) is 17.0. The van der Waals surface area contributed by atoms with E-state index in [0.717, 1.165) is 24.8 Å². The second-order valence-corrected chi connectivity index (χ2v) is 5.70. The standard InChI is InChI=1S/C17H22N2O4/c1-13-6-5-7-14(10-13)18-15(20)12-23-17(22)11-19-9-4-2-3-8-16(19)21/h5-7,10H,2-4,8-9,11-12H2,1H3,(H,18,20). The van der Waals surface area contributed by atoms with Crippen LogP contribution in [0.15, 0.2) is 24.3 Å². The molecule has 1 aromatic carbocycles. The van der Waals surface area contributed by atoms with Crippen molar-refractivity contribution in [3.05, 3.63) is 29.8 Å². The monoisotopic (exact) mass is 318 g/mol. The number of anilines is 1. The van der Waals surface area contributed by atoms with Crippen molar-refractivity contribution in [1.82, 2.24) is 4.90 Å². The minimum Gasteiger partial charge on any atom is -0.454 e. The summed E-state index contributed by atoms with van der Waals surface area (Å²) in [6.45, 7) is 2.06. The smallest absolute Gasteiger partial charge is 0.326 e. The Morgan fingerprint density at radius 1 is 1.26 bits per heavy atom. The van der Waals surface area contributed by atoms with Crippen LogP contribution in [0.1, 0.15) is 31.2 Å². The maximum absolute atomic E-state index is 11.8. The highest BCUT2D eigenvalue weighted by Crippen LogP contribution is 2.11. The minimum atomic E-state index is -0.556. The molecule has 0 atom stereocenters. The molecule has 0 bridgehead atoms. The van der Waals surface area contributed by atoms with Gasteiger partial charge in [-0.1, -0.05) is 18.6 Å². The summed E-state index contributed by atoms with van der Waals surface area (Å²) in [5.74, 6) is -0.977. The number of hydrogen-bond donors (Lipinski definition) is 1. The van der Waals surface area contributed by atoms with Crippen LogP contribution >= 0.6 is 0 Å². The van der Waals surface area contributed by atoms with E-state index in [4.69, 9.17) is 4.74 Å². The van der Waals surface area contributed by atoms with Crippen molar-refractivity contribution in [2.75, 3.05) is 25.0 Å². The Labute approximate surface area is 135 Å². The van der Waals surface area contributed by atoms with Crippen molar-refractivity contribution >= 4 is 23.5 Å². The fraction of sp³-hybridized carbons (Fsp3) is 0.471. The van der Waals surface area contributed by atoms with Crippen LogP contribution in [-0.2, 0) is 19.1 Å². The third kappa shape index (κ3) is 5.73. The van der Waals surface area contributed by atoms with E-state index in [9.17, 15) is 14.4 Å². The lowest BCUT2D eigenvalue weighted by atomic mass is 10.2. The van der Waals surface area contributed by atoms with Gasteiger partial charge < -0.3 is 15.0 Å². The van der Waals surface area contributed by atoms with Gasteiger partial charge in [0.25, 0.3) is 5.91 Å². The molecule has 0 unspecified atom stereocenters. The van der Waals surface area contributed by atoms with Crippen molar-refractivity contribution in [1.29, 1.82) is 0 Å². The molecule has 2 amide bonds. The van der Waals surface area contributed by atoms with Crippen LogP contribution in [0.3, 0.4) is 0 Å². The Bertz CT molecular complexity index is 586. The molecule has 0 saturated carbocycles. The highest BCUT2D eigenvalue weighted by molar-refractivity contribution is 5.93. The molecule has 0 aromatic heterocycles. The van der Waals surface area contributed by atoms with Crippen LogP contribution in [0.5, 0.6) is 0 Å². The van der Waals surface area contributed by atoms with E-state index in [1.165, 1.54) is 4.90 Å². The van der Waals surface area contributed by atoms with Crippen LogP contribution in [0.2, 0.25) is 0 Å². The van der Waals surface area contributed by atoms with Crippen molar-refractivity contribution in [3.8, 4) is 0 Å². The van der Waals surface area contributed by atoms with E-state index < -0.39 is 11.9 Å². The van der Waals surface area contributed by atoms with Crippen molar-refractivity contribution < 1.29 is 19.1 Å². The van der Waals surface area contributed by atoms with Crippen LogP contribution in [0.25, 0.3) is 0 Å². The number of nitrogens with zero attached hydrogens (tertiary/aromatic N) is 1. The van der Waals surface area contributed by atoms with Gasteiger partial charge in [-0.3, -0.25) is 14.4 Å². The van der Waals surface area contributed by atoms with Gasteiger partial charge >= 0.3 is 5.97 Å². The molecule has 6 nitrogen and oxygen atoms in total. The minimum absolute atomic E-state index is 0.0244. The molecule has 1 N–H and O–H groups in total. The molecule has 1 fully saturated rings. The second-order valence-electron chi connectivity index (χ2n) is 5.70. The normalized spacial score (nSPS) is 15.0. The van der Waals surface area contributed by atoms with Gasteiger partial charge in [-0.05, 0) is 37.5 Å². The van der Waals surface area contributed by atoms with Crippen LogP contribution in [0, 0.1) is 6.92 Å². The molecule has 124 valence electrons. The number of carbonyl (C=O) groups is 3. The van der Waals surface area contributed by atoms with Gasteiger partial charge in [0, 0.05) is 18.7 Å². The lowest BCUT2D eigenvalue weighted by molar-refractivity contribution is -0.151. The third-order valence-electron chi connectivity index (χ3n) is 3.66. The largest absolute Gasteiger partial charge is 0.454 e. The second kappa shape index (κ2) is 8.31. The first-order valence-corrected chi connectivity index (χ1v) is 7.84. The number of benzene rings is 1. The SMILES string of the molecule is Cc1cccc(NC(=O)COC(=O)CN2CCCCCC2=O)c1. The number of ether oxygens (including phenoxy) is 1. The number of esters is 1. The predicted octanol–water partition coefficient (Wildman–Crippen LogP) is 1.88. The van der Waals surface area contributed by atoms with Crippen LogP contribution < -0.4 is 5.32 Å². The number of carbonyl (C=O) groups excluding carboxylic acids is 3. The molecule has 1 aliphatic heterocycles. The Morgan fingerprint density at radius 3 is 2.87 bits per heavy atom. The summed E-state index contributed by atoms with van der Waals surface area (Å²) in [7, 11) is 0. The van der Waals surface area contributed by atoms with Gasteiger partial charge in [0.15, 0.2) is 6.61 Å². The van der Waals surface area contributed by atoms with Crippen molar-refractivity contribution in [2.45, 2.75) is 32.6 Å². The molecule has 0 aliphatic carbocycles. The Balaban J connectivity index is 1.75. The van der Waals surface area contributed by atoms with E-state index in [0.29, 0.717) is 18.7 Å². The number of likely N-dealkylation sites (tertiary alicyclic amines) is 1. The zero-order valence-electron chi connectivity index (χ0n) is 13.3. The molecule has 2 rings (SSSR count). The van der Waals surface area contributed by atoms with E-state index >= 15 is 0 Å². The molecule has 1 aliphatic rings. The average molecular weight is 318 g/mol. The molecular formula is C17H22N2O4. The fourth-order valence-corrected chi connectivity index (χ4v) is 2.47. The van der Waals surface area contributed by atoms with E-state index in [1.54, 1.807) is 6.07 Å². The molecule has 23 heavy (non-hydrogen) atoms. The summed E-state index contributed by atoms with van der Waals surface area (Å²) >= 11 is 0. The van der Waals surface area contributed by atoms with Crippen molar-refractivity contribution in [3.63, 3.8) is 0 Å². The number of hydrogen-bond acceptors (Lipinski definition) is 4. The van der Waals surface area contributed by atoms with Gasteiger partial charge in [0.2, 0.25) is 5.91 Å². The Morgan fingerprint density at radius 2 is 2.09 bits per heavy atom. The summed E-state index contributed by atoms with van der Waals surface area (Å²) in [6, 6.07) is 7.36. The Hall–Kier alpha value is -2.37. The van der Waals surface area contributed by atoms with Crippen LogP contribution in [0.4, 0.5) is 5.69 Å². The molecule has 1 aromatic rings. The average Bonchev–Trinajstić information content (AvgIpc) is 2.70. The predicted molar refractivity (Wildman–Crippen MR) is 85.8 cm³/mol. The molecular weight excluding hydrogens is 296 g/mol. The molecule has 1 heterocycles. The fourth-order valence-electron chi connectivity index (χ4n) is 2.47. The third-order valence-corrected chi connectivity index (χ3v) is 3.66. The van der Waals surface area contributed by atoms with E-state index in [1.807, 2.05) is 25.1 Å². The number of amides is 2. The van der Waals surface area contributed by atoms with Gasteiger partial charge in [0.05, 0.1) is 0 Å². The number of nitrogens with one attached hydrogen (secondary N) is 1. The van der Waals surface area contributed by atoms with Gasteiger partial charge in [-0.15, -0.1) is 0 Å². The van der Waals surface area contributed by atoms with Gasteiger partial charge in [0.1, 0.15) is 6.54 Å². The number of aryl methyl sites for hydroxylation is 1. The lowest BCUT2D eigenvalue weighted by Gasteiger charge is -2.19. The molecule has 0 radical (unpaired) electrons. The molecule has 6 heteroatoms. The quantitative estimate of drug-likeness (QED) is 0.841. The van der Waals surface area contributed by atoms with Crippen molar-refractivity contribution in [2.24, 2.45) is 0 Å². The van der Waals surface area contributed by atoms with E-state index in [2.05, 4.69) is 5.32 Å². The number of rotatable bonds is 5. The topological polar surface area (TPSA) is 75.7 Å². The van der Waals surface area contributed by atoms with Crippen LogP contribution in [-0.4, -0.2) is 42.4 Å². The van der Waals surface area contributed by atoms with E-state index in [-0.39, 0.29) is 19.1 Å². The summed E-state index contributed by atoms with van der Waals surface area (Å²) in [4.78, 5) is 36.9. The summed E-state index contributed by atoms with van der Waals surface area (Å²) in [5.41, 5.74) is 1.69. The maximum atomic E-state index is 11.8. The first-order chi connectivity index (χ1) is 11.0.